The summed E-state index contributed by atoms with van der Waals surface area (Å²) in [5, 5.41) is 18.5. The van der Waals surface area contributed by atoms with Gasteiger partial charge in [-0.2, -0.15) is 5.26 Å². The van der Waals surface area contributed by atoms with E-state index in [1.165, 1.54) is 0 Å². The molecule has 4 heteroatoms. The van der Waals surface area contributed by atoms with Crippen molar-refractivity contribution >= 4 is 5.91 Å². The highest BCUT2D eigenvalue weighted by Crippen LogP contribution is 2.37. The minimum Gasteiger partial charge on any atom is -0.396 e. The van der Waals surface area contributed by atoms with Gasteiger partial charge < -0.3 is 10.0 Å². The van der Waals surface area contributed by atoms with Crippen molar-refractivity contribution in [2.45, 2.75) is 44.7 Å². The van der Waals surface area contributed by atoms with Crippen molar-refractivity contribution in [1.82, 2.24) is 4.90 Å². The van der Waals surface area contributed by atoms with Gasteiger partial charge >= 0.3 is 0 Å². The van der Waals surface area contributed by atoms with Crippen molar-refractivity contribution in [2.24, 2.45) is 11.8 Å². The Hall–Kier alpha value is -1.08. The van der Waals surface area contributed by atoms with Crippen LogP contribution < -0.4 is 0 Å². The maximum Gasteiger partial charge on any atom is 0.223 e. The fraction of sp³-hybridized carbons (Fsp3) is 0.833. The Kier molecular flexibility index (Phi) is 3.15. The van der Waals surface area contributed by atoms with Crippen LogP contribution in [0.3, 0.4) is 0 Å². The van der Waals surface area contributed by atoms with Crippen molar-refractivity contribution in [1.29, 1.82) is 5.26 Å². The molecule has 16 heavy (non-hydrogen) atoms. The van der Waals surface area contributed by atoms with Gasteiger partial charge in [0.05, 0.1) is 6.07 Å². The standard InChI is InChI=1S/C12H18N2O2/c1-8-5-9(6-13)14-11(10(8)7-15)3-2-4-12(14)16/h8-11,15H,2-5,7H2,1H3/t8-,9+,10+,11-/m1/s1. The Bertz CT molecular complexity index is 323. The van der Waals surface area contributed by atoms with Gasteiger partial charge in [0.1, 0.15) is 6.04 Å². The molecule has 0 aromatic rings. The fourth-order valence-electron chi connectivity index (χ4n) is 3.18. The Labute approximate surface area is 95.9 Å². The van der Waals surface area contributed by atoms with Gasteiger partial charge in [0.15, 0.2) is 0 Å². The number of amides is 1. The van der Waals surface area contributed by atoms with E-state index in [0.717, 1.165) is 12.8 Å². The van der Waals surface area contributed by atoms with E-state index >= 15 is 0 Å². The molecule has 0 saturated carbocycles. The molecule has 0 unspecified atom stereocenters. The number of nitrogens with zero attached hydrogens (tertiary/aromatic N) is 2. The summed E-state index contributed by atoms with van der Waals surface area (Å²) in [7, 11) is 0. The van der Waals surface area contributed by atoms with Crippen LogP contribution in [0.1, 0.15) is 32.6 Å². The summed E-state index contributed by atoms with van der Waals surface area (Å²) in [6.45, 7) is 2.19. The quantitative estimate of drug-likeness (QED) is 0.717. The molecule has 88 valence electrons. The highest BCUT2D eigenvalue weighted by Gasteiger charge is 2.44. The molecule has 4 nitrogen and oxygen atoms in total. The van der Waals surface area contributed by atoms with E-state index in [2.05, 4.69) is 13.0 Å². The summed E-state index contributed by atoms with van der Waals surface area (Å²) in [5.74, 6) is 0.559. The van der Waals surface area contributed by atoms with Gasteiger partial charge in [0, 0.05) is 25.0 Å². The summed E-state index contributed by atoms with van der Waals surface area (Å²) in [6, 6.07) is 2.03. The lowest BCUT2D eigenvalue weighted by molar-refractivity contribution is -0.145. The maximum absolute atomic E-state index is 11.9. The van der Waals surface area contributed by atoms with Crippen LogP contribution >= 0.6 is 0 Å². The Morgan fingerprint density at radius 3 is 3.00 bits per heavy atom. The number of hydrogen-bond acceptors (Lipinski definition) is 3. The first-order valence-corrected chi connectivity index (χ1v) is 6.00. The van der Waals surface area contributed by atoms with Crippen molar-refractivity contribution < 1.29 is 9.90 Å². The van der Waals surface area contributed by atoms with E-state index in [4.69, 9.17) is 5.26 Å². The lowest BCUT2D eigenvalue weighted by atomic mass is 9.75. The Morgan fingerprint density at radius 1 is 1.62 bits per heavy atom. The average molecular weight is 222 g/mol. The lowest BCUT2D eigenvalue weighted by Crippen LogP contribution is -2.58. The molecular formula is C12H18N2O2. The van der Waals surface area contributed by atoms with Crippen LogP contribution in [0, 0.1) is 23.2 Å². The van der Waals surface area contributed by atoms with Crippen molar-refractivity contribution in [3.63, 3.8) is 0 Å². The SMILES string of the molecule is C[C@@H]1C[C@@H](C#N)N2C(=O)CCC[C@@H]2[C@H]1CO. The number of nitriles is 1. The van der Waals surface area contributed by atoms with Crippen molar-refractivity contribution in [2.75, 3.05) is 6.61 Å². The molecule has 0 aromatic carbocycles. The van der Waals surface area contributed by atoms with Gasteiger partial charge in [-0.1, -0.05) is 6.92 Å². The number of aliphatic hydroxyl groups is 1. The molecule has 1 N–H and O–H groups in total. The van der Waals surface area contributed by atoms with E-state index in [-0.39, 0.29) is 30.5 Å². The number of carbonyl (C=O) groups excluding carboxylic acids is 1. The number of carbonyl (C=O) groups is 1. The molecule has 2 saturated heterocycles. The average Bonchev–Trinajstić information content (AvgIpc) is 2.28. The lowest BCUT2D eigenvalue weighted by Gasteiger charge is -2.48. The second-order valence-corrected chi connectivity index (χ2v) is 4.96. The van der Waals surface area contributed by atoms with Crippen LogP contribution in [0.4, 0.5) is 0 Å². The summed E-state index contributed by atoms with van der Waals surface area (Å²) < 4.78 is 0. The molecule has 0 spiro atoms. The van der Waals surface area contributed by atoms with Crippen LogP contribution in [0.5, 0.6) is 0 Å². The monoisotopic (exact) mass is 222 g/mol. The molecular weight excluding hydrogens is 204 g/mol. The molecule has 2 heterocycles. The minimum atomic E-state index is -0.282. The van der Waals surface area contributed by atoms with Gasteiger partial charge in [-0.25, -0.2) is 0 Å². The predicted octanol–water partition coefficient (Wildman–Crippen LogP) is 0.908. The van der Waals surface area contributed by atoms with E-state index < -0.39 is 0 Å². The fourth-order valence-corrected chi connectivity index (χ4v) is 3.18. The summed E-state index contributed by atoms with van der Waals surface area (Å²) >= 11 is 0. The third-order valence-corrected chi connectivity index (χ3v) is 4.05. The summed E-state index contributed by atoms with van der Waals surface area (Å²) in [5.41, 5.74) is 0. The number of piperidine rings is 2. The Balaban J connectivity index is 2.27. The Morgan fingerprint density at radius 2 is 2.38 bits per heavy atom. The van der Waals surface area contributed by atoms with Crippen LogP contribution in [0.15, 0.2) is 0 Å². The first-order chi connectivity index (χ1) is 7.69. The molecule has 0 radical (unpaired) electrons. The van der Waals surface area contributed by atoms with Gasteiger partial charge in [0.25, 0.3) is 0 Å². The number of hydrogen-bond donors (Lipinski definition) is 1. The third kappa shape index (κ3) is 1.69. The zero-order valence-corrected chi connectivity index (χ0v) is 9.59. The normalized spacial score (nSPS) is 39.1. The van der Waals surface area contributed by atoms with Gasteiger partial charge in [0.2, 0.25) is 5.91 Å². The third-order valence-electron chi connectivity index (χ3n) is 4.05. The maximum atomic E-state index is 11.9. The molecule has 4 atom stereocenters. The minimum absolute atomic E-state index is 0.0830. The van der Waals surface area contributed by atoms with Gasteiger partial charge in [-0.15, -0.1) is 0 Å². The molecule has 1 amide bonds. The molecule has 2 aliphatic heterocycles. The second kappa shape index (κ2) is 4.42. The molecule has 2 aliphatic rings. The van der Waals surface area contributed by atoms with Crippen LogP contribution in [-0.4, -0.2) is 34.6 Å². The number of rotatable bonds is 1. The smallest absolute Gasteiger partial charge is 0.223 e. The van der Waals surface area contributed by atoms with E-state index in [0.29, 0.717) is 18.8 Å². The highest BCUT2D eigenvalue weighted by atomic mass is 16.3. The van der Waals surface area contributed by atoms with Gasteiger partial charge in [-0.3, -0.25) is 4.79 Å². The highest BCUT2D eigenvalue weighted by molar-refractivity contribution is 5.78. The largest absolute Gasteiger partial charge is 0.396 e. The van der Waals surface area contributed by atoms with Crippen LogP contribution in [0.2, 0.25) is 0 Å². The number of fused-ring (bicyclic) bond motifs is 1. The molecule has 0 aliphatic carbocycles. The van der Waals surface area contributed by atoms with E-state index in [1.54, 1.807) is 4.90 Å². The van der Waals surface area contributed by atoms with E-state index in [1.807, 2.05) is 0 Å². The summed E-state index contributed by atoms with van der Waals surface area (Å²) in [4.78, 5) is 13.6. The second-order valence-electron chi connectivity index (χ2n) is 4.96. The first kappa shape index (κ1) is 11.4. The summed E-state index contributed by atoms with van der Waals surface area (Å²) in [6.07, 6.45) is 3.08. The van der Waals surface area contributed by atoms with Crippen molar-refractivity contribution in [3.8, 4) is 6.07 Å². The molecule has 0 bridgehead atoms. The van der Waals surface area contributed by atoms with Crippen LogP contribution in [-0.2, 0) is 4.79 Å². The zero-order chi connectivity index (χ0) is 11.7. The predicted molar refractivity (Wildman–Crippen MR) is 58.2 cm³/mol. The van der Waals surface area contributed by atoms with Crippen molar-refractivity contribution in [3.05, 3.63) is 0 Å². The zero-order valence-electron chi connectivity index (χ0n) is 9.59. The van der Waals surface area contributed by atoms with Crippen LogP contribution in [0.25, 0.3) is 0 Å². The molecule has 2 rings (SSSR count). The number of aliphatic hydroxyl groups excluding tert-OH is 1. The van der Waals surface area contributed by atoms with Gasteiger partial charge in [-0.05, 0) is 25.2 Å². The molecule has 0 aromatic heterocycles. The molecule has 2 fully saturated rings. The first-order valence-electron chi connectivity index (χ1n) is 6.00. The topological polar surface area (TPSA) is 64.3 Å². The van der Waals surface area contributed by atoms with E-state index in [9.17, 15) is 9.90 Å².